The van der Waals surface area contributed by atoms with Crippen LogP contribution < -0.4 is 20.1 Å². The van der Waals surface area contributed by atoms with E-state index in [4.69, 9.17) is 21.1 Å². The molecule has 0 aromatic heterocycles. The zero-order chi connectivity index (χ0) is 20.7. The van der Waals surface area contributed by atoms with Crippen LogP contribution in [0.2, 0.25) is 5.02 Å². The highest BCUT2D eigenvalue weighted by Gasteiger charge is 2.13. The van der Waals surface area contributed by atoms with Gasteiger partial charge in [0.05, 0.1) is 29.9 Å². The van der Waals surface area contributed by atoms with Crippen LogP contribution in [-0.4, -0.2) is 25.1 Å². The quantitative estimate of drug-likeness (QED) is 0.312. The summed E-state index contributed by atoms with van der Waals surface area (Å²) in [6.45, 7) is 0. The maximum Gasteiger partial charge on any atom is 0.271 e. The lowest BCUT2D eigenvalue weighted by atomic mass is 10.2. The van der Waals surface area contributed by atoms with E-state index in [1.807, 2.05) is 0 Å². The van der Waals surface area contributed by atoms with Crippen LogP contribution in [0.1, 0.15) is 0 Å². The predicted octanol–water partition coefficient (Wildman–Crippen LogP) is 3.72. The number of halogens is 1. The average Bonchev–Trinajstić information content (AvgIpc) is 2.69. The standard InChI is InChI=1S/C18H15ClN4O5/c1-27-16-6-3-12(7-17(16)28-2)22-18(24)11(9-20)10-21-15-8-13(23(25)26)4-5-14(15)19/h3-8,10,21H,1-2H3,(H,22,24)/b11-10-. The molecule has 144 valence electrons. The number of nitrogens with one attached hydrogen (secondary N) is 2. The number of non-ortho nitro benzene ring substituents is 1. The number of nitro groups is 1. The number of hydrogen-bond donors (Lipinski definition) is 2. The predicted molar refractivity (Wildman–Crippen MR) is 104 cm³/mol. The van der Waals surface area contributed by atoms with Crippen molar-refractivity contribution in [2.45, 2.75) is 0 Å². The van der Waals surface area contributed by atoms with Gasteiger partial charge in [-0.1, -0.05) is 11.6 Å². The van der Waals surface area contributed by atoms with Gasteiger partial charge in [-0.15, -0.1) is 0 Å². The summed E-state index contributed by atoms with van der Waals surface area (Å²) >= 11 is 5.98. The van der Waals surface area contributed by atoms with Crippen LogP contribution in [0.4, 0.5) is 17.1 Å². The number of carbonyl (C=O) groups excluding carboxylic acids is 1. The Morgan fingerprint density at radius 1 is 1.21 bits per heavy atom. The molecule has 0 fully saturated rings. The Balaban J connectivity index is 2.19. The van der Waals surface area contributed by atoms with E-state index in [1.165, 1.54) is 38.5 Å². The lowest BCUT2D eigenvalue weighted by Crippen LogP contribution is -2.14. The molecule has 0 aliphatic heterocycles. The number of ether oxygens (including phenoxy) is 2. The first-order valence-electron chi connectivity index (χ1n) is 7.73. The molecular formula is C18H15ClN4O5. The van der Waals surface area contributed by atoms with Gasteiger partial charge in [0.15, 0.2) is 11.5 Å². The van der Waals surface area contributed by atoms with Gasteiger partial charge in [-0.3, -0.25) is 14.9 Å². The SMILES string of the molecule is COc1ccc(NC(=O)/C(C#N)=C\Nc2cc([N+](=O)[O-])ccc2Cl)cc1OC. The van der Waals surface area contributed by atoms with Gasteiger partial charge in [0.25, 0.3) is 11.6 Å². The second kappa shape index (κ2) is 9.25. The van der Waals surface area contributed by atoms with Gasteiger partial charge >= 0.3 is 0 Å². The molecule has 0 saturated carbocycles. The minimum atomic E-state index is -0.691. The van der Waals surface area contributed by atoms with Gasteiger partial charge in [0, 0.05) is 30.1 Å². The molecule has 0 spiro atoms. The largest absolute Gasteiger partial charge is 0.493 e. The molecule has 2 rings (SSSR count). The van der Waals surface area contributed by atoms with E-state index in [9.17, 15) is 20.2 Å². The number of hydrogen-bond acceptors (Lipinski definition) is 7. The van der Waals surface area contributed by atoms with Gasteiger partial charge < -0.3 is 20.1 Å². The van der Waals surface area contributed by atoms with Gasteiger partial charge in [-0.25, -0.2) is 0 Å². The van der Waals surface area contributed by atoms with Gasteiger partial charge in [-0.2, -0.15) is 5.26 Å². The number of amides is 1. The Bertz CT molecular complexity index is 984. The summed E-state index contributed by atoms with van der Waals surface area (Å²) < 4.78 is 10.3. The topological polar surface area (TPSA) is 127 Å². The van der Waals surface area contributed by atoms with Crippen molar-refractivity contribution in [3.63, 3.8) is 0 Å². The molecule has 28 heavy (non-hydrogen) atoms. The summed E-state index contributed by atoms with van der Waals surface area (Å²) in [7, 11) is 2.94. The van der Waals surface area contributed by atoms with E-state index in [2.05, 4.69) is 10.6 Å². The fourth-order valence-electron chi connectivity index (χ4n) is 2.15. The molecule has 1 amide bonds. The van der Waals surface area contributed by atoms with Crippen LogP contribution in [0.15, 0.2) is 48.2 Å². The first-order chi connectivity index (χ1) is 13.4. The number of carbonyl (C=O) groups is 1. The van der Waals surface area contributed by atoms with Crippen LogP contribution in [0.3, 0.4) is 0 Å². The van der Waals surface area contributed by atoms with Crippen molar-refractivity contribution < 1.29 is 19.2 Å². The molecule has 2 N–H and O–H groups in total. The summed E-state index contributed by atoms with van der Waals surface area (Å²) in [5, 5.41) is 25.5. The summed E-state index contributed by atoms with van der Waals surface area (Å²) in [6.07, 6.45) is 1.11. The van der Waals surface area contributed by atoms with Gasteiger partial charge in [0.1, 0.15) is 11.6 Å². The number of nitrogens with zero attached hydrogens (tertiary/aromatic N) is 2. The number of nitriles is 1. The van der Waals surface area contributed by atoms with Crippen molar-refractivity contribution in [3.05, 3.63) is 63.3 Å². The number of methoxy groups -OCH3 is 2. The third-order valence-electron chi connectivity index (χ3n) is 3.54. The Kier molecular flexibility index (Phi) is 6.79. The third-order valence-corrected chi connectivity index (χ3v) is 3.87. The van der Waals surface area contributed by atoms with Crippen LogP contribution in [0, 0.1) is 21.4 Å². The maximum absolute atomic E-state index is 12.3. The monoisotopic (exact) mass is 402 g/mol. The molecule has 0 atom stereocenters. The molecule has 10 heteroatoms. The van der Waals surface area contributed by atoms with Crippen molar-refractivity contribution in [2.24, 2.45) is 0 Å². The molecule has 0 bridgehead atoms. The Labute approximate surface area is 165 Å². The number of anilines is 2. The smallest absolute Gasteiger partial charge is 0.271 e. The average molecular weight is 403 g/mol. The molecule has 0 aliphatic carbocycles. The van der Waals surface area contributed by atoms with E-state index < -0.39 is 10.8 Å². The van der Waals surface area contributed by atoms with Crippen LogP contribution in [0.25, 0.3) is 0 Å². The summed E-state index contributed by atoms with van der Waals surface area (Å²) in [5.74, 6) is 0.201. The number of rotatable bonds is 7. The molecule has 0 unspecified atom stereocenters. The Hall–Kier alpha value is -3.77. The molecule has 2 aromatic rings. The third kappa shape index (κ3) is 4.90. The highest BCUT2D eigenvalue weighted by atomic mass is 35.5. The summed E-state index contributed by atoms with van der Waals surface area (Å²) in [6, 6.07) is 10.3. The van der Waals surface area contributed by atoms with Crippen molar-refractivity contribution in [3.8, 4) is 17.6 Å². The zero-order valence-electron chi connectivity index (χ0n) is 14.9. The first-order valence-corrected chi connectivity index (χ1v) is 8.11. The molecule has 9 nitrogen and oxygen atoms in total. The van der Waals surface area contributed by atoms with E-state index in [1.54, 1.807) is 18.2 Å². The second-order valence-electron chi connectivity index (χ2n) is 5.26. The first kappa shape index (κ1) is 20.5. The van der Waals surface area contributed by atoms with Crippen molar-refractivity contribution in [1.29, 1.82) is 5.26 Å². The van der Waals surface area contributed by atoms with Gasteiger partial charge in [0.2, 0.25) is 0 Å². The van der Waals surface area contributed by atoms with Crippen molar-refractivity contribution in [2.75, 3.05) is 24.9 Å². The normalized spacial score (nSPS) is 10.6. The zero-order valence-corrected chi connectivity index (χ0v) is 15.6. The lowest BCUT2D eigenvalue weighted by Gasteiger charge is -2.10. The lowest BCUT2D eigenvalue weighted by molar-refractivity contribution is -0.384. The molecule has 0 heterocycles. The fraction of sp³-hybridized carbons (Fsp3) is 0.111. The molecule has 0 radical (unpaired) electrons. The molecular weight excluding hydrogens is 388 g/mol. The van der Waals surface area contributed by atoms with E-state index >= 15 is 0 Å². The minimum Gasteiger partial charge on any atom is -0.493 e. The Morgan fingerprint density at radius 2 is 1.93 bits per heavy atom. The van der Waals surface area contributed by atoms with Crippen molar-refractivity contribution >= 4 is 34.6 Å². The number of benzene rings is 2. The summed E-state index contributed by atoms with van der Waals surface area (Å²) in [5.41, 5.74) is 0.116. The van der Waals surface area contributed by atoms with Crippen LogP contribution in [-0.2, 0) is 4.79 Å². The fourth-order valence-corrected chi connectivity index (χ4v) is 2.32. The van der Waals surface area contributed by atoms with Crippen LogP contribution >= 0.6 is 11.6 Å². The van der Waals surface area contributed by atoms with E-state index in [0.717, 1.165) is 6.20 Å². The van der Waals surface area contributed by atoms with Crippen LogP contribution in [0.5, 0.6) is 11.5 Å². The molecule has 0 aliphatic rings. The molecule has 0 saturated heterocycles. The van der Waals surface area contributed by atoms with E-state index in [0.29, 0.717) is 17.2 Å². The second-order valence-corrected chi connectivity index (χ2v) is 5.67. The highest BCUT2D eigenvalue weighted by Crippen LogP contribution is 2.30. The number of nitro benzene ring substituents is 1. The highest BCUT2D eigenvalue weighted by molar-refractivity contribution is 6.33. The van der Waals surface area contributed by atoms with Crippen molar-refractivity contribution in [1.82, 2.24) is 0 Å². The molecule has 2 aromatic carbocycles. The van der Waals surface area contributed by atoms with Gasteiger partial charge in [-0.05, 0) is 18.2 Å². The van der Waals surface area contributed by atoms with E-state index in [-0.39, 0.29) is 22.0 Å². The maximum atomic E-state index is 12.3. The Morgan fingerprint density at radius 3 is 2.54 bits per heavy atom. The summed E-state index contributed by atoms with van der Waals surface area (Å²) in [4.78, 5) is 22.6. The minimum absolute atomic E-state index is 0.183.